The molecule has 2 rings (SSSR count). The first-order valence-electron chi connectivity index (χ1n) is 8.32. The summed E-state index contributed by atoms with van der Waals surface area (Å²) in [7, 11) is 0. The van der Waals surface area contributed by atoms with Crippen molar-refractivity contribution in [3.8, 4) is 5.75 Å². The Hall–Kier alpha value is -1.88. The minimum atomic E-state index is -0.604. The summed E-state index contributed by atoms with van der Waals surface area (Å²) >= 11 is 0. The molecule has 0 aliphatic heterocycles. The van der Waals surface area contributed by atoms with E-state index in [0.717, 1.165) is 0 Å². The molecule has 0 amide bonds. The third-order valence-corrected chi connectivity index (χ3v) is 3.90. The van der Waals surface area contributed by atoms with Crippen molar-refractivity contribution in [1.82, 2.24) is 5.32 Å². The van der Waals surface area contributed by atoms with Crippen LogP contribution in [0.2, 0.25) is 0 Å². The molecular formula is C20H26ClNO3. The topological polar surface area (TPSA) is 58.6 Å². The SMILES string of the molecule is CCC(=O)c1ccc(OCC(O)CNC(C)c2ccccc2)cc1.Cl. The molecule has 2 unspecified atom stereocenters. The minimum Gasteiger partial charge on any atom is -0.491 e. The molecule has 2 atom stereocenters. The van der Waals surface area contributed by atoms with E-state index in [9.17, 15) is 9.90 Å². The van der Waals surface area contributed by atoms with Crippen molar-refractivity contribution in [2.75, 3.05) is 13.2 Å². The van der Waals surface area contributed by atoms with Crippen LogP contribution >= 0.6 is 12.4 Å². The lowest BCUT2D eigenvalue weighted by molar-refractivity contribution is 0.0986. The van der Waals surface area contributed by atoms with Gasteiger partial charge in [-0.25, -0.2) is 0 Å². The van der Waals surface area contributed by atoms with Crippen LogP contribution in [-0.2, 0) is 0 Å². The van der Waals surface area contributed by atoms with Gasteiger partial charge in [0, 0.05) is 24.6 Å². The first-order valence-corrected chi connectivity index (χ1v) is 8.32. The van der Waals surface area contributed by atoms with Crippen molar-refractivity contribution < 1.29 is 14.6 Å². The molecule has 4 nitrogen and oxygen atoms in total. The van der Waals surface area contributed by atoms with Crippen molar-refractivity contribution in [3.63, 3.8) is 0 Å². The molecule has 2 N–H and O–H groups in total. The molecular weight excluding hydrogens is 338 g/mol. The van der Waals surface area contributed by atoms with Crippen molar-refractivity contribution in [3.05, 3.63) is 65.7 Å². The molecule has 5 heteroatoms. The average Bonchev–Trinajstić information content (AvgIpc) is 2.64. The van der Waals surface area contributed by atoms with Crippen molar-refractivity contribution >= 4 is 18.2 Å². The number of aliphatic hydroxyl groups is 1. The molecule has 0 aliphatic rings. The second kappa shape index (κ2) is 10.9. The summed E-state index contributed by atoms with van der Waals surface area (Å²) in [6, 6.07) is 17.3. The Bertz CT molecular complexity index is 631. The van der Waals surface area contributed by atoms with Crippen LogP contribution in [0.15, 0.2) is 54.6 Å². The Morgan fingerprint density at radius 1 is 1.12 bits per heavy atom. The lowest BCUT2D eigenvalue weighted by atomic mass is 10.1. The number of hydrogen-bond acceptors (Lipinski definition) is 4. The van der Waals surface area contributed by atoms with E-state index in [0.29, 0.717) is 24.3 Å². The van der Waals surface area contributed by atoms with Gasteiger partial charge in [-0.05, 0) is 36.8 Å². The molecule has 2 aromatic carbocycles. The average molecular weight is 364 g/mol. The maximum absolute atomic E-state index is 11.6. The predicted molar refractivity (Wildman–Crippen MR) is 103 cm³/mol. The number of carbonyl (C=O) groups is 1. The Morgan fingerprint density at radius 3 is 2.36 bits per heavy atom. The highest BCUT2D eigenvalue weighted by Crippen LogP contribution is 2.14. The molecule has 0 radical (unpaired) electrons. The highest BCUT2D eigenvalue weighted by molar-refractivity contribution is 5.95. The van der Waals surface area contributed by atoms with Gasteiger partial charge in [0.2, 0.25) is 0 Å². The molecule has 0 heterocycles. The summed E-state index contributed by atoms with van der Waals surface area (Å²) in [5.41, 5.74) is 1.87. The number of carbonyl (C=O) groups excluding carboxylic acids is 1. The highest BCUT2D eigenvalue weighted by Gasteiger charge is 2.10. The van der Waals surface area contributed by atoms with Gasteiger partial charge in [0.25, 0.3) is 0 Å². The lowest BCUT2D eigenvalue weighted by Crippen LogP contribution is -2.33. The Morgan fingerprint density at radius 2 is 1.76 bits per heavy atom. The third kappa shape index (κ3) is 6.86. The van der Waals surface area contributed by atoms with E-state index in [2.05, 4.69) is 24.4 Å². The molecule has 25 heavy (non-hydrogen) atoms. The summed E-state index contributed by atoms with van der Waals surface area (Å²) in [6.07, 6.45) is -0.113. The normalized spacial score (nSPS) is 12.8. The van der Waals surface area contributed by atoms with E-state index in [1.165, 1.54) is 5.56 Å². The Balaban J connectivity index is 0.00000312. The fourth-order valence-corrected chi connectivity index (χ4v) is 2.36. The molecule has 0 aromatic heterocycles. The van der Waals surface area contributed by atoms with Crippen LogP contribution in [0.25, 0.3) is 0 Å². The van der Waals surface area contributed by atoms with Crippen LogP contribution in [0, 0.1) is 0 Å². The van der Waals surface area contributed by atoms with Crippen molar-refractivity contribution in [1.29, 1.82) is 0 Å². The zero-order valence-corrected chi connectivity index (χ0v) is 15.5. The Kier molecular flexibility index (Phi) is 9.21. The van der Waals surface area contributed by atoms with Crippen LogP contribution in [0.5, 0.6) is 5.75 Å². The second-order valence-electron chi connectivity index (χ2n) is 5.81. The van der Waals surface area contributed by atoms with Gasteiger partial charge in [-0.1, -0.05) is 37.3 Å². The number of benzene rings is 2. The largest absolute Gasteiger partial charge is 0.491 e. The fourth-order valence-electron chi connectivity index (χ4n) is 2.36. The summed E-state index contributed by atoms with van der Waals surface area (Å²) in [4.78, 5) is 11.6. The van der Waals surface area contributed by atoms with Crippen LogP contribution in [0.3, 0.4) is 0 Å². The lowest BCUT2D eigenvalue weighted by Gasteiger charge is -2.18. The zero-order chi connectivity index (χ0) is 17.4. The van der Waals surface area contributed by atoms with Gasteiger partial charge in [0.15, 0.2) is 5.78 Å². The van der Waals surface area contributed by atoms with Crippen LogP contribution in [0.1, 0.15) is 42.2 Å². The number of aliphatic hydroxyl groups excluding tert-OH is 1. The van der Waals surface area contributed by atoms with Gasteiger partial charge in [0.1, 0.15) is 18.5 Å². The van der Waals surface area contributed by atoms with Gasteiger partial charge >= 0.3 is 0 Å². The first kappa shape index (κ1) is 21.2. The minimum absolute atomic E-state index is 0. The molecule has 0 saturated heterocycles. The van der Waals surface area contributed by atoms with Crippen LogP contribution in [-0.4, -0.2) is 30.1 Å². The van der Waals surface area contributed by atoms with Crippen molar-refractivity contribution in [2.45, 2.75) is 32.4 Å². The summed E-state index contributed by atoms with van der Waals surface area (Å²) in [5, 5.41) is 13.3. The number of rotatable bonds is 9. The van der Waals surface area contributed by atoms with Crippen LogP contribution < -0.4 is 10.1 Å². The van der Waals surface area contributed by atoms with E-state index in [-0.39, 0.29) is 30.8 Å². The number of ketones is 1. The monoisotopic (exact) mass is 363 g/mol. The number of ether oxygens (including phenoxy) is 1. The van der Waals surface area contributed by atoms with Crippen molar-refractivity contribution in [2.24, 2.45) is 0 Å². The number of hydrogen-bond donors (Lipinski definition) is 2. The zero-order valence-electron chi connectivity index (χ0n) is 14.6. The van der Waals surface area contributed by atoms with E-state index in [4.69, 9.17) is 4.74 Å². The van der Waals surface area contributed by atoms with Gasteiger partial charge in [-0.15, -0.1) is 12.4 Å². The maximum atomic E-state index is 11.6. The first-order chi connectivity index (χ1) is 11.6. The molecule has 0 bridgehead atoms. The molecule has 136 valence electrons. The molecule has 2 aromatic rings. The van der Waals surface area contributed by atoms with E-state index >= 15 is 0 Å². The van der Waals surface area contributed by atoms with Gasteiger partial charge in [-0.3, -0.25) is 4.79 Å². The maximum Gasteiger partial charge on any atom is 0.162 e. The summed E-state index contributed by atoms with van der Waals surface area (Å²) in [6.45, 7) is 4.55. The van der Waals surface area contributed by atoms with Gasteiger partial charge < -0.3 is 15.2 Å². The number of Topliss-reactive ketones (excluding diaryl/α,β-unsaturated/α-hetero) is 1. The second-order valence-corrected chi connectivity index (χ2v) is 5.81. The highest BCUT2D eigenvalue weighted by atomic mass is 35.5. The summed E-state index contributed by atoms with van der Waals surface area (Å²) < 4.78 is 5.57. The fraction of sp³-hybridized carbons (Fsp3) is 0.350. The van der Waals surface area contributed by atoms with Gasteiger partial charge in [-0.2, -0.15) is 0 Å². The van der Waals surface area contributed by atoms with E-state index < -0.39 is 6.10 Å². The number of nitrogens with one attached hydrogen (secondary N) is 1. The Labute approximate surface area is 155 Å². The number of halogens is 1. The third-order valence-electron chi connectivity index (χ3n) is 3.90. The van der Waals surface area contributed by atoms with E-state index in [1.807, 2.05) is 25.1 Å². The van der Waals surface area contributed by atoms with E-state index in [1.54, 1.807) is 24.3 Å². The van der Waals surface area contributed by atoms with Crippen LogP contribution in [0.4, 0.5) is 0 Å². The standard InChI is InChI=1S/C20H25NO3.ClH/c1-3-20(23)17-9-11-19(12-10-17)24-14-18(22)13-21-15(2)16-7-5-4-6-8-16;/h4-12,15,18,21-22H,3,13-14H2,1-2H3;1H. The molecule has 0 spiro atoms. The molecule has 0 saturated carbocycles. The molecule has 0 aliphatic carbocycles. The predicted octanol–water partition coefficient (Wildman–Crippen LogP) is 3.79. The smallest absolute Gasteiger partial charge is 0.162 e. The summed E-state index contributed by atoms with van der Waals surface area (Å²) in [5.74, 6) is 0.762. The molecule has 0 fully saturated rings. The van der Waals surface area contributed by atoms with Gasteiger partial charge in [0.05, 0.1) is 0 Å². The quantitative estimate of drug-likeness (QED) is 0.665.